The fourth-order valence-corrected chi connectivity index (χ4v) is 4.78. The van der Waals surface area contributed by atoms with Gasteiger partial charge in [0.15, 0.2) is 5.60 Å². The predicted molar refractivity (Wildman–Crippen MR) is 179 cm³/mol. The number of rotatable bonds is 25. The van der Waals surface area contributed by atoms with Crippen LogP contribution in [0.15, 0.2) is 60.2 Å². The Hall–Kier alpha value is -3.96. The van der Waals surface area contributed by atoms with Gasteiger partial charge in [-0.25, -0.2) is 9.59 Å². The molecule has 0 fully saturated rings. The summed E-state index contributed by atoms with van der Waals surface area (Å²) in [5.74, 6) is -7.38. The third kappa shape index (κ3) is 17.0. The number of aliphatic hydroxyl groups excluding tert-OH is 1. The molecule has 0 radical (unpaired) electrons. The van der Waals surface area contributed by atoms with E-state index in [0.29, 0.717) is 43.6 Å². The molecule has 0 aliphatic heterocycles. The van der Waals surface area contributed by atoms with Crippen molar-refractivity contribution in [3.8, 4) is 5.75 Å². The topological polar surface area (TPSA) is 191 Å². The standard InChI is InChI=1S/C36H53NO10/c1-4-5-6-9-12-15-28(38)16-13-10-7-8-11-14-17-30(36(46,35(44)45)25-32(39)40)33(41)37-31(34(42)43)24-27-18-20-29(21-19-27)47-23-22-26(2)3/h9,12,14,17-22,28,30-31,38,46H,4-8,10-11,13,15-16,23-25H2,1-3H3,(H,37,41)(H,39,40)(H,42,43)(H,44,45)/b12-9+,17-14+/t28?,30?,31?,36-/m0/s1. The van der Waals surface area contributed by atoms with Crippen molar-refractivity contribution in [3.05, 3.63) is 65.8 Å². The van der Waals surface area contributed by atoms with Crippen LogP contribution >= 0.6 is 0 Å². The number of aliphatic carboxylic acids is 3. The molecule has 0 saturated carbocycles. The quantitative estimate of drug-likeness (QED) is 0.0582. The van der Waals surface area contributed by atoms with E-state index in [9.17, 15) is 44.7 Å². The summed E-state index contributed by atoms with van der Waals surface area (Å²) >= 11 is 0. The Kier molecular flexibility index (Phi) is 19.7. The van der Waals surface area contributed by atoms with Crippen LogP contribution in [0.2, 0.25) is 0 Å². The molecular weight excluding hydrogens is 606 g/mol. The third-order valence-electron chi connectivity index (χ3n) is 7.59. The van der Waals surface area contributed by atoms with Gasteiger partial charge in [-0.05, 0) is 69.7 Å². The second-order valence-electron chi connectivity index (χ2n) is 12.0. The van der Waals surface area contributed by atoms with Crippen LogP contribution in [0.5, 0.6) is 5.75 Å². The molecule has 0 aliphatic rings. The lowest BCUT2D eigenvalue weighted by molar-refractivity contribution is -0.172. The molecule has 1 amide bonds. The zero-order chi connectivity index (χ0) is 35.2. The number of hydrogen-bond donors (Lipinski definition) is 6. The zero-order valence-electron chi connectivity index (χ0n) is 27.9. The molecule has 0 bridgehead atoms. The molecule has 0 aromatic heterocycles. The summed E-state index contributed by atoms with van der Waals surface area (Å²) in [6.45, 7) is 6.39. The summed E-state index contributed by atoms with van der Waals surface area (Å²) in [5, 5.41) is 52.2. The minimum absolute atomic E-state index is 0.153. The van der Waals surface area contributed by atoms with Crippen molar-refractivity contribution >= 4 is 23.8 Å². The number of benzene rings is 1. The van der Waals surface area contributed by atoms with E-state index < -0.39 is 53.9 Å². The molecule has 0 heterocycles. The average Bonchev–Trinajstić information content (AvgIpc) is 2.99. The van der Waals surface area contributed by atoms with Crippen molar-refractivity contribution in [2.45, 2.75) is 116 Å². The van der Waals surface area contributed by atoms with Gasteiger partial charge in [0.25, 0.3) is 0 Å². The second-order valence-corrected chi connectivity index (χ2v) is 12.0. The van der Waals surface area contributed by atoms with Crippen LogP contribution in [-0.4, -0.2) is 73.7 Å². The van der Waals surface area contributed by atoms with Crippen molar-refractivity contribution in [1.82, 2.24) is 5.32 Å². The summed E-state index contributed by atoms with van der Waals surface area (Å²) in [4.78, 5) is 48.9. The van der Waals surface area contributed by atoms with Crippen molar-refractivity contribution in [1.29, 1.82) is 0 Å². The van der Waals surface area contributed by atoms with Gasteiger partial charge in [0.05, 0.1) is 18.4 Å². The van der Waals surface area contributed by atoms with Gasteiger partial charge in [0, 0.05) is 6.42 Å². The summed E-state index contributed by atoms with van der Waals surface area (Å²) in [6.07, 6.45) is 15.0. The normalized spacial score (nSPS) is 14.7. The van der Waals surface area contributed by atoms with Gasteiger partial charge in [-0.2, -0.15) is 0 Å². The molecular formula is C36H53NO10. The van der Waals surface area contributed by atoms with Gasteiger partial charge in [-0.1, -0.05) is 81.0 Å². The van der Waals surface area contributed by atoms with Crippen LogP contribution in [0.4, 0.5) is 0 Å². The molecule has 262 valence electrons. The highest BCUT2D eigenvalue weighted by Gasteiger charge is 2.49. The van der Waals surface area contributed by atoms with E-state index in [1.807, 2.05) is 26.0 Å². The van der Waals surface area contributed by atoms with E-state index in [0.717, 1.165) is 50.2 Å². The molecule has 1 rings (SSSR count). The number of amides is 1. The summed E-state index contributed by atoms with van der Waals surface area (Å²) in [7, 11) is 0. The summed E-state index contributed by atoms with van der Waals surface area (Å²) in [6, 6.07) is 5.11. The van der Waals surface area contributed by atoms with Gasteiger partial charge >= 0.3 is 17.9 Å². The highest BCUT2D eigenvalue weighted by atomic mass is 16.5. The minimum Gasteiger partial charge on any atom is -0.490 e. The number of carboxylic acid groups (broad SMARTS) is 3. The maximum Gasteiger partial charge on any atom is 0.337 e. The zero-order valence-corrected chi connectivity index (χ0v) is 27.9. The Labute approximate surface area is 278 Å². The highest BCUT2D eigenvalue weighted by molar-refractivity contribution is 5.94. The molecule has 6 N–H and O–H groups in total. The largest absolute Gasteiger partial charge is 0.490 e. The van der Waals surface area contributed by atoms with Gasteiger partial charge in [0.1, 0.15) is 18.4 Å². The smallest absolute Gasteiger partial charge is 0.337 e. The highest BCUT2D eigenvalue weighted by Crippen LogP contribution is 2.26. The number of allylic oxidation sites excluding steroid dienone is 3. The number of carbonyl (C=O) groups is 4. The molecule has 47 heavy (non-hydrogen) atoms. The van der Waals surface area contributed by atoms with Crippen LogP contribution in [0.3, 0.4) is 0 Å². The van der Waals surface area contributed by atoms with E-state index in [2.05, 4.69) is 18.3 Å². The molecule has 3 unspecified atom stereocenters. The lowest BCUT2D eigenvalue weighted by Crippen LogP contribution is -2.55. The average molecular weight is 660 g/mol. The fraction of sp³-hybridized carbons (Fsp3) is 0.556. The third-order valence-corrected chi connectivity index (χ3v) is 7.59. The maximum absolute atomic E-state index is 13.3. The number of aliphatic hydroxyl groups is 2. The predicted octanol–water partition coefficient (Wildman–Crippen LogP) is 5.44. The Morgan fingerprint density at radius 2 is 1.57 bits per heavy atom. The van der Waals surface area contributed by atoms with Gasteiger partial charge < -0.3 is 35.6 Å². The molecule has 0 spiro atoms. The van der Waals surface area contributed by atoms with Crippen molar-refractivity contribution in [2.75, 3.05) is 6.61 Å². The van der Waals surface area contributed by atoms with Crippen molar-refractivity contribution in [3.63, 3.8) is 0 Å². The van der Waals surface area contributed by atoms with Crippen molar-refractivity contribution in [2.24, 2.45) is 5.92 Å². The first kappa shape index (κ1) is 41.1. The molecule has 1 aromatic carbocycles. The monoisotopic (exact) mass is 659 g/mol. The first-order valence-corrected chi connectivity index (χ1v) is 16.4. The summed E-state index contributed by atoms with van der Waals surface area (Å²) in [5.41, 5.74) is -1.37. The van der Waals surface area contributed by atoms with Crippen LogP contribution in [0.25, 0.3) is 0 Å². The van der Waals surface area contributed by atoms with E-state index in [1.54, 1.807) is 24.3 Å². The number of carboxylic acids is 3. The van der Waals surface area contributed by atoms with Crippen LogP contribution in [0, 0.1) is 5.92 Å². The summed E-state index contributed by atoms with van der Waals surface area (Å²) < 4.78 is 5.60. The van der Waals surface area contributed by atoms with Crippen molar-refractivity contribution < 1.29 is 49.4 Å². The van der Waals surface area contributed by atoms with E-state index in [-0.39, 0.29) is 6.42 Å². The van der Waals surface area contributed by atoms with E-state index >= 15 is 0 Å². The number of unbranched alkanes of at least 4 members (excludes halogenated alkanes) is 6. The first-order valence-electron chi connectivity index (χ1n) is 16.4. The fourth-order valence-electron chi connectivity index (χ4n) is 4.78. The molecule has 0 aliphatic carbocycles. The van der Waals surface area contributed by atoms with Gasteiger partial charge in [-0.3, -0.25) is 9.59 Å². The Bertz CT molecular complexity index is 1200. The first-order chi connectivity index (χ1) is 22.3. The SMILES string of the molecule is CCCC/C=C/CC(O)CCCCCC/C=C/C(C(=O)NC(Cc1ccc(OCC=C(C)C)cc1)C(=O)O)[C@@](O)(CC(=O)O)C(=O)O. The van der Waals surface area contributed by atoms with Gasteiger partial charge in [-0.15, -0.1) is 0 Å². The van der Waals surface area contributed by atoms with Crippen LogP contribution in [-0.2, 0) is 25.6 Å². The van der Waals surface area contributed by atoms with Gasteiger partial charge in [0.2, 0.25) is 5.91 Å². The van der Waals surface area contributed by atoms with E-state index in [4.69, 9.17) is 4.74 Å². The maximum atomic E-state index is 13.3. The molecule has 4 atom stereocenters. The lowest BCUT2D eigenvalue weighted by Gasteiger charge is -2.29. The molecule has 11 heteroatoms. The number of ether oxygens (including phenoxy) is 1. The Morgan fingerprint density at radius 3 is 2.17 bits per heavy atom. The van der Waals surface area contributed by atoms with E-state index in [1.165, 1.54) is 6.08 Å². The number of carbonyl (C=O) groups excluding carboxylic acids is 1. The lowest BCUT2D eigenvalue weighted by atomic mass is 9.82. The number of nitrogens with one attached hydrogen (secondary N) is 1. The Morgan fingerprint density at radius 1 is 0.915 bits per heavy atom. The van der Waals surface area contributed by atoms with Crippen LogP contribution in [0.1, 0.15) is 97.0 Å². The molecule has 1 aromatic rings. The molecule has 11 nitrogen and oxygen atoms in total. The minimum atomic E-state index is -3.01. The second kappa shape index (κ2) is 22.5. The Balaban J connectivity index is 2.86. The molecule has 0 saturated heterocycles. The van der Waals surface area contributed by atoms with Crippen LogP contribution < -0.4 is 10.1 Å². The number of hydrogen-bond acceptors (Lipinski definition) is 7.